The Bertz CT molecular complexity index is 363. The molecular weight excluding hydrogens is 190 g/mol. The first-order chi connectivity index (χ1) is 7.16. The van der Waals surface area contributed by atoms with Crippen molar-refractivity contribution in [2.45, 2.75) is 39.7 Å². The van der Waals surface area contributed by atoms with E-state index in [2.05, 4.69) is 29.1 Å². The molecule has 2 rings (SSSR count). The Hall–Kier alpha value is -1.32. The minimum Gasteiger partial charge on any atom is -0.488 e. The SMILES string of the molecule is Cc1nc2c(c(NC(C)C)n1)OCCC2. The Morgan fingerprint density at radius 3 is 2.87 bits per heavy atom. The van der Waals surface area contributed by atoms with E-state index in [0.29, 0.717) is 6.04 Å². The first-order valence-corrected chi connectivity index (χ1v) is 5.43. The van der Waals surface area contributed by atoms with E-state index in [9.17, 15) is 0 Å². The number of nitrogens with zero attached hydrogens (tertiary/aromatic N) is 2. The molecule has 0 saturated heterocycles. The largest absolute Gasteiger partial charge is 0.488 e. The molecule has 0 spiro atoms. The van der Waals surface area contributed by atoms with Gasteiger partial charge in [0.2, 0.25) is 0 Å². The van der Waals surface area contributed by atoms with Crippen LogP contribution in [0.5, 0.6) is 5.75 Å². The minimum absolute atomic E-state index is 0.355. The molecule has 1 aliphatic rings. The summed E-state index contributed by atoms with van der Waals surface area (Å²) in [5, 5.41) is 3.30. The van der Waals surface area contributed by atoms with Crippen LogP contribution in [0.4, 0.5) is 5.82 Å². The second-order valence-corrected chi connectivity index (χ2v) is 4.15. The highest BCUT2D eigenvalue weighted by atomic mass is 16.5. The summed E-state index contributed by atoms with van der Waals surface area (Å²) in [6, 6.07) is 0.355. The van der Waals surface area contributed by atoms with Gasteiger partial charge in [-0.25, -0.2) is 9.97 Å². The van der Waals surface area contributed by atoms with Crippen LogP contribution in [0.25, 0.3) is 0 Å². The lowest BCUT2D eigenvalue weighted by atomic mass is 10.1. The van der Waals surface area contributed by atoms with Crippen molar-refractivity contribution >= 4 is 5.82 Å². The van der Waals surface area contributed by atoms with Gasteiger partial charge in [-0.15, -0.1) is 0 Å². The quantitative estimate of drug-likeness (QED) is 0.805. The molecule has 0 atom stereocenters. The third-order valence-electron chi connectivity index (χ3n) is 2.28. The molecule has 2 heterocycles. The monoisotopic (exact) mass is 207 g/mol. The number of nitrogens with one attached hydrogen (secondary N) is 1. The molecule has 0 saturated carbocycles. The number of hydrogen-bond donors (Lipinski definition) is 1. The highest BCUT2D eigenvalue weighted by molar-refractivity contribution is 5.53. The molecule has 0 bridgehead atoms. The molecule has 0 unspecified atom stereocenters. The van der Waals surface area contributed by atoms with Gasteiger partial charge in [0.25, 0.3) is 0 Å². The van der Waals surface area contributed by atoms with Crippen molar-refractivity contribution in [1.82, 2.24) is 9.97 Å². The van der Waals surface area contributed by atoms with Crippen LogP contribution in [-0.2, 0) is 6.42 Å². The van der Waals surface area contributed by atoms with Crippen molar-refractivity contribution in [1.29, 1.82) is 0 Å². The summed E-state index contributed by atoms with van der Waals surface area (Å²) in [6.07, 6.45) is 2.04. The lowest BCUT2D eigenvalue weighted by molar-refractivity contribution is 0.284. The van der Waals surface area contributed by atoms with Crippen molar-refractivity contribution in [3.8, 4) is 5.75 Å². The summed E-state index contributed by atoms with van der Waals surface area (Å²) in [6.45, 7) is 6.87. The van der Waals surface area contributed by atoms with E-state index in [1.165, 1.54) is 0 Å². The molecule has 4 heteroatoms. The average Bonchev–Trinajstić information content (AvgIpc) is 2.16. The smallest absolute Gasteiger partial charge is 0.183 e. The highest BCUT2D eigenvalue weighted by Crippen LogP contribution is 2.30. The van der Waals surface area contributed by atoms with Gasteiger partial charge in [0, 0.05) is 6.04 Å². The molecule has 0 aromatic carbocycles. The second kappa shape index (κ2) is 4.04. The van der Waals surface area contributed by atoms with E-state index >= 15 is 0 Å². The first-order valence-electron chi connectivity index (χ1n) is 5.43. The predicted octanol–water partition coefficient (Wildman–Crippen LogP) is 1.93. The van der Waals surface area contributed by atoms with Gasteiger partial charge in [0.1, 0.15) is 5.82 Å². The normalized spacial score (nSPS) is 14.7. The molecule has 0 fully saturated rings. The van der Waals surface area contributed by atoms with Gasteiger partial charge in [-0.05, 0) is 33.6 Å². The van der Waals surface area contributed by atoms with E-state index < -0.39 is 0 Å². The molecule has 1 aromatic rings. The average molecular weight is 207 g/mol. The number of hydrogen-bond acceptors (Lipinski definition) is 4. The molecule has 1 aliphatic heterocycles. The van der Waals surface area contributed by atoms with Crippen molar-refractivity contribution in [2.75, 3.05) is 11.9 Å². The van der Waals surface area contributed by atoms with Gasteiger partial charge < -0.3 is 10.1 Å². The highest BCUT2D eigenvalue weighted by Gasteiger charge is 2.18. The molecule has 4 nitrogen and oxygen atoms in total. The van der Waals surface area contributed by atoms with Gasteiger partial charge in [-0.1, -0.05) is 0 Å². The third kappa shape index (κ3) is 2.19. The summed E-state index contributed by atoms with van der Waals surface area (Å²) >= 11 is 0. The number of anilines is 1. The predicted molar refractivity (Wildman–Crippen MR) is 59.3 cm³/mol. The molecule has 82 valence electrons. The number of fused-ring (bicyclic) bond motifs is 1. The molecule has 0 aliphatic carbocycles. The molecule has 1 N–H and O–H groups in total. The summed E-state index contributed by atoms with van der Waals surface area (Å²) < 4.78 is 5.62. The van der Waals surface area contributed by atoms with Gasteiger partial charge in [-0.2, -0.15) is 0 Å². The minimum atomic E-state index is 0.355. The van der Waals surface area contributed by atoms with Gasteiger partial charge in [0.15, 0.2) is 11.6 Å². The fraction of sp³-hybridized carbons (Fsp3) is 0.636. The number of ether oxygens (including phenoxy) is 1. The Labute approximate surface area is 90.1 Å². The van der Waals surface area contributed by atoms with Crippen molar-refractivity contribution in [2.24, 2.45) is 0 Å². The molecule has 1 aromatic heterocycles. The Morgan fingerprint density at radius 1 is 1.33 bits per heavy atom. The van der Waals surface area contributed by atoms with E-state index in [0.717, 1.165) is 42.5 Å². The van der Waals surface area contributed by atoms with Crippen LogP contribution in [0.1, 0.15) is 31.8 Å². The maximum absolute atomic E-state index is 5.62. The van der Waals surface area contributed by atoms with E-state index in [4.69, 9.17) is 4.74 Å². The topological polar surface area (TPSA) is 47.0 Å². The summed E-state index contributed by atoms with van der Waals surface area (Å²) in [5.74, 6) is 2.50. The molecule has 0 amide bonds. The zero-order valence-corrected chi connectivity index (χ0v) is 9.50. The molecule has 15 heavy (non-hydrogen) atoms. The van der Waals surface area contributed by atoms with Crippen LogP contribution >= 0.6 is 0 Å². The lowest BCUT2D eigenvalue weighted by Gasteiger charge is -2.21. The zero-order chi connectivity index (χ0) is 10.8. The van der Waals surface area contributed by atoms with Crippen molar-refractivity contribution < 1.29 is 4.74 Å². The van der Waals surface area contributed by atoms with Crippen LogP contribution in [-0.4, -0.2) is 22.6 Å². The fourth-order valence-corrected chi connectivity index (χ4v) is 1.73. The van der Waals surface area contributed by atoms with Crippen LogP contribution in [0.3, 0.4) is 0 Å². The number of aromatic nitrogens is 2. The van der Waals surface area contributed by atoms with Gasteiger partial charge in [0.05, 0.1) is 12.3 Å². The van der Waals surface area contributed by atoms with E-state index in [1.807, 2.05) is 6.92 Å². The summed E-state index contributed by atoms with van der Waals surface area (Å²) in [4.78, 5) is 8.78. The fourth-order valence-electron chi connectivity index (χ4n) is 1.73. The second-order valence-electron chi connectivity index (χ2n) is 4.15. The summed E-state index contributed by atoms with van der Waals surface area (Å²) in [7, 11) is 0. The van der Waals surface area contributed by atoms with Gasteiger partial charge in [-0.3, -0.25) is 0 Å². The van der Waals surface area contributed by atoms with E-state index in [-0.39, 0.29) is 0 Å². The molecular formula is C11H17N3O. The maximum atomic E-state index is 5.62. The van der Waals surface area contributed by atoms with Gasteiger partial charge >= 0.3 is 0 Å². The Kier molecular flexibility index (Phi) is 2.75. The summed E-state index contributed by atoms with van der Waals surface area (Å²) in [5.41, 5.74) is 1.04. The zero-order valence-electron chi connectivity index (χ0n) is 9.50. The molecule has 0 radical (unpaired) electrons. The number of rotatable bonds is 2. The Morgan fingerprint density at radius 2 is 2.13 bits per heavy atom. The van der Waals surface area contributed by atoms with Crippen LogP contribution in [0, 0.1) is 6.92 Å². The maximum Gasteiger partial charge on any atom is 0.183 e. The van der Waals surface area contributed by atoms with Crippen LogP contribution in [0.15, 0.2) is 0 Å². The van der Waals surface area contributed by atoms with E-state index in [1.54, 1.807) is 0 Å². The van der Waals surface area contributed by atoms with Crippen molar-refractivity contribution in [3.63, 3.8) is 0 Å². The lowest BCUT2D eigenvalue weighted by Crippen LogP contribution is -2.18. The Balaban J connectivity index is 2.38. The van der Waals surface area contributed by atoms with Crippen LogP contribution < -0.4 is 10.1 Å². The first kappa shape index (κ1) is 10.2. The van der Waals surface area contributed by atoms with Crippen LogP contribution in [0.2, 0.25) is 0 Å². The number of aryl methyl sites for hydroxylation is 2. The third-order valence-corrected chi connectivity index (χ3v) is 2.28. The van der Waals surface area contributed by atoms with Crippen molar-refractivity contribution in [3.05, 3.63) is 11.5 Å². The standard InChI is InChI=1S/C11H17N3O/c1-7(2)12-11-10-9(5-4-6-15-10)13-8(3)14-11/h7H,4-6H2,1-3H3,(H,12,13,14).